The van der Waals surface area contributed by atoms with Crippen molar-refractivity contribution in [2.75, 3.05) is 36.5 Å². The molecule has 7 nitrogen and oxygen atoms in total. The summed E-state index contributed by atoms with van der Waals surface area (Å²) in [7, 11) is 0. The minimum absolute atomic E-state index is 0.273. The molecule has 25 heavy (non-hydrogen) atoms. The third-order valence-electron chi connectivity index (χ3n) is 4.20. The number of morpholine rings is 1. The van der Waals surface area contributed by atoms with E-state index in [0.717, 1.165) is 30.2 Å². The molecule has 7 heteroatoms. The van der Waals surface area contributed by atoms with Crippen molar-refractivity contribution in [3.05, 3.63) is 47.4 Å². The lowest BCUT2D eigenvalue weighted by Crippen LogP contribution is -2.37. The molecule has 2 heterocycles. The van der Waals surface area contributed by atoms with Gasteiger partial charge in [-0.05, 0) is 43.2 Å². The van der Waals surface area contributed by atoms with Gasteiger partial charge < -0.3 is 20.3 Å². The Labute approximate surface area is 147 Å². The van der Waals surface area contributed by atoms with E-state index in [-0.39, 0.29) is 12.6 Å². The number of carbonyl (C=O) groups is 1. The van der Waals surface area contributed by atoms with Gasteiger partial charge in [-0.3, -0.25) is 0 Å². The smallest absolute Gasteiger partial charge is 0.319 e. The summed E-state index contributed by atoms with van der Waals surface area (Å²) in [5, 5.41) is 5.62. The topological polar surface area (TPSA) is 79.4 Å². The molecule has 132 valence electrons. The number of nitrogens with one attached hydrogen (secondary N) is 2. The summed E-state index contributed by atoms with van der Waals surface area (Å²) in [4.78, 5) is 23.0. The van der Waals surface area contributed by atoms with Crippen molar-refractivity contribution in [3.8, 4) is 0 Å². The third kappa shape index (κ3) is 4.67. The summed E-state index contributed by atoms with van der Waals surface area (Å²) in [6, 6.07) is 7.43. The molecule has 2 amide bonds. The average molecular weight is 341 g/mol. The third-order valence-corrected chi connectivity index (χ3v) is 4.20. The molecule has 0 bridgehead atoms. The highest BCUT2D eigenvalue weighted by molar-refractivity contribution is 5.89. The zero-order chi connectivity index (χ0) is 17.6. The van der Waals surface area contributed by atoms with Crippen molar-refractivity contribution in [1.29, 1.82) is 0 Å². The number of hydrogen-bond acceptors (Lipinski definition) is 5. The van der Waals surface area contributed by atoms with E-state index < -0.39 is 0 Å². The van der Waals surface area contributed by atoms with Gasteiger partial charge in [0.2, 0.25) is 0 Å². The Bertz CT molecular complexity index is 744. The highest BCUT2D eigenvalue weighted by Crippen LogP contribution is 2.14. The molecule has 0 spiro atoms. The van der Waals surface area contributed by atoms with Gasteiger partial charge >= 0.3 is 6.03 Å². The van der Waals surface area contributed by atoms with Crippen molar-refractivity contribution >= 4 is 17.5 Å². The number of ether oxygens (including phenoxy) is 1. The van der Waals surface area contributed by atoms with E-state index in [4.69, 9.17) is 4.74 Å². The maximum absolute atomic E-state index is 12.1. The number of hydrogen-bond donors (Lipinski definition) is 2. The Morgan fingerprint density at radius 3 is 2.76 bits per heavy atom. The second-order valence-corrected chi connectivity index (χ2v) is 6.04. The van der Waals surface area contributed by atoms with Gasteiger partial charge in [-0.25, -0.2) is 14.8 Å². The van der Waals surface area contributed by atoms with Crippen LogP contribution >= 0.6 is 0 Å². The molecule has 0 radical (unpaired) electrons. The van der Waals surface area contributed by atoms with Crippen molar-refractivity contribution in [1.82, 2.24) is 15.3 Å². The molecule has 1 aromatic carbocycles. The lowest BCUT2D eigenvalue weighted by Gasteiger charge is -2.27. The van der Waals surface area contributed by atoms with Crippen LogP contribution in [0, 0.1) is 13.8 Å². The lowest BCUT2D eigenvalue weighted by molar-refractivity contribution is 0.122. The lowest BCUT2D eigenvalue weighted by atomic mass is 10.1. The number of nitrogens with zero attached hydrogens (tertiary/aromatic N) is 3. The second kappa shape index (κ2) is 7.94. The first-order valence-electron chi connectivity index (χ1n) is 8.38. The van der Waals surface area contributed by atoms with Crippen LogP contribution in [0.1, 0.15) is 17.0 Å². The largest absolute Gasteiger partial charge is 0.378 e. The average Bonchev–Trinajstić information content (AvgIpc) is 2.64. The van der Waals surface area contributed by atoms with Crippen molar-refractivity contribution in [2.24, 2.45) is 0 Å². The molecule has 1 fully saturated rings. The van der Waals surface area contributed by atoms with E-state index in [1.807, 2.05) is 38.1 Å². The predicted molar refractivity (Wildman–Crippen MR) is 96.8 cm³/mol. The number of carbonyl (C=O) groups excluding carboxylic acids is 1. The Morgan fingerprint density at radius 1 is 1.20 bits per heavy atom. The molecule has 1 aliphatic rings. The fourth-order valence-electron chi connectivity index (χ4n) is 2.60. The summed E-state index contributed by atoms with van der Waals surface area (Å²) in [6.07, 6.45) is 1.72. The van der Waals surface area contributed by atoms with Crippen LogP contribution in [0.3, 0.4) is 0 Å². The van der Waals surface area contributed by atoms with E-state index in [1.54, 1.807) is 6.20 Å². The van der Waals surface area contributed by atoms with Crippen LogP contribution in [0.2, 0.25) is 0 Å². The first kappa shape index (κ1) is 17.2. The van der Waals surface area contributed by atoms with Gasteiger partial charge in [0.1, 0.15) is 11.6 Å². The summed E-state index contributed by atoms with van der Waals surface area (Å²) >= 11 is 0. The van der Waals surface area contributed by atoms with E-state index in [2.05, 4.69) is 25.5 Å². The highest BCUT2D eigenvalue weighted by Gasteiger charge is 2.13. The number of rotatable bonds is 4. The maximum Gasteiger partial charge on any atom is 0.319 e. The van der Waals surface area contributed by atoms with E-state index in [9.17, 15) is 4.79 Å². The van der Waals surface area contributed by atoms with Crippen molar-refractivity contribution < 1.29 is 9.53 Å². The molecular weight excluding hydrogens is 318 g/mol. The summed E-state index contributed by atoms with van der Waals surface area (Å²) in [5.74, 6) is 1.45. The SMILES string of the molecule is Cc1ccc(NC(=O)NCc2nccc(N3CCOCC3)n2)cc1C. The number of aromatic nitrogens is 2. The maximum atomic E-state index is 12.1. The van der Waals surface area contributed by atoms with Crippen LogP contribution in [-0.4, -0.2) is 42.3 Å². The number of amides is 2. The molecule has 0 saturated carbocycles. The monoisotopic (exact) mass is 341 g/mol. The van der Waals surface area contributed by atoms with Crippen molar-refractivity contribution in [2.45, 2.75) is 20.4 Å². The molecular formula is C18H23N5O2. The molecule has 0 atom stereocenters. The zero-order valence-corrected chi connectivity index (χ0v) is 14.6. The number of benzene rings is 1. The zero-order valence-electron chi connectivity index (χ0n) is 14.6. The van der Waals surface area contributed by atoms with Gasteiger partial charge in [-0.1, -0.05) is 6.07 Å². The van der Waals surface area contributed by atoms with Gasteiger partial charge in [-0.15, -0.1) is 0 Å². The van der Waals surface area contributed by atoms with Gasteiger partial charge in [0.25, 0.3) is 0 Å². The quantitative estimate of drug-likeness (QED) is 0.892. The number of aryl methyl sites for hydroxylation is 2. The first-order valence-corrected chi connectivity index (χ1v) is 8.38. The van der Waals surface area contributed by atoms with Crippen LogP contribution in [0.25, 0.3) is 0 Å². The number of anilines is 2. The highest BCUT2D eigenvalue weighted by atomic mass is 16.5. The molecule has 2 N–H and O–H groups in total. The second-order valence-electron chi connectivity index (χ2n) is 6.04. The van der Waals surface area contributed by atoms with Crippen LogP contribution < -0.4 is 15.5 Å². The van der Waals surface area contributed by atoms with E-state index >= 15 is 0 Å². The fraction of sp³-hybridized carbons (Fsp3) is 0.389. The van der Waals surface area contributed by atoms with Gasteiger partial charge in [-0.2, -0.15) is 0 Å². The Kier molecular flexibility index (Phi) is 5.45. The minimum Gasteiger partial charge on any atom is -0.378 e. The Morgan fingerprint density at radius 2 is 2.00 bits per heavy atom. The molecule has 0 unspecified atom stereocenters. The van der Waals surface area contributed by atoms with Crippen LogP contribution in [0.4, 0.5) is 16.3 Å². The van der Waals surface area contributed by atoms with Crippen LogP contribution in [0.15, 0.2) is 30.5 Å². The fourth-order valence-corrected chi connectivity index (χ4v) is 2.60. The van der Waals surface area contributed by atoms with Crippen molar-refractivity contribution in [3.63, 3.8) is 0 Å². The Balaban J connectivity index is 1.55. The molecule has 1 aliphatic heterocycles. The summed E-state index contributed by atoms with van der Waals surface area (Å²) in [5.41, 5.74) is 3.10. The normalized spacial score (nSPS) is 14.2. The Hall–Kier alpha value is -2.67. The van der Waals surface area contributed by atoms with E-state index in [0.29, 0.717) is 19.0 Å². The summed E-state index contributed by atoms with van der Waals surface area (Å²) in [6.45, 7) is 7.37. The van der Waals surface area contributed by atoms with Crippen LogP contribution in [-0.2, 0) is 11.3 Å². The predicted octanol–water partition coefficient (Wildman–Crippen LogP) is 2.25. The first-order chi connectivity index (χ1) is 12.1. The standard InChI is InChI=1S/C18H23N5O2/c1-13-3-4-15(11-14(13)2)21-18(24)20-12-16-19-6-5-17(22-16)23-7-9-25-10-8-23/h3-6,11H,7-10,12H2,1-2H3,(H2,20,21,24). The molecule has 2 aromatic rings. The molecule has 3 rings (SSSR count). The summed E-state index contributed by atoms with van der Waals surface area (Å²) < 4.78 is 5.35. The van der Waals surface area contributed by atoms with E-state index in [1.165, 1.54) is 5.56 Å². The minimum atomic E-state index is -0.274. The molecule has 0 aliphatic carbocycles. The van der Waals surface area contributed by atoms with Crippen LogP contribution in [0.5, 0.6) is 0 Å². The molecule has 1 aromatic heterocycles. The van der Waals surface area contributed by atoms with Gasteiger partial charge in [0, 0.05) is 25.0 Å². The van der Waals surface area contributed by atoms with Gasteiger partial charge in [0.15, 0.2) is 0 Å². The van der Waals surface area contributed by atoms with Gasteiger partial charge in [0.05, 0.1) is 19.8 Å². The molecule has 1 saturated heterocycles. The number of urea groups is 1.